The molecule has 8 heteroatoms. The first-order valence-corrected chi connectivity index (χ1v) is 9.98. The summed E-state index contributed by atoms with van der Waals surface area (Å²) in [7, 11) is -3.65. The molecule has 1 aromatic rings. The molecule has 1 aromatic carbocycles. The molecule has 2 atom stereocenters. The fourth-order valence-corrected chi connectivity index (χ4v) is 4.28. The Labute approximate surface area is 146 Å². The second-order valence-electron chi connectivity index (χ2n) is 6.78. The summed E-state index contributed by atoms with van der Waals surface area (Å²) >= 11 is 0. The highest BCUT2D eigenvalue weighted by molar-refractivity contribution is 7.89. The Morgan fingerprint density at radius 3 is 2.60 bits per heavy atom. The van der Waals surface area contributed by atoms with Crippen molar-refractivity contribution in [2.24, 2.45) is 11.8 Å². The third-order valence-corrected chi connectivity index (χ3v) is 6.24. The number of rotatable bonds is 7. The zero-order valence-corrected chi connectivity index (χ0v) is 14.6. The number of aliphatic carboxylic acids is 1. The maximum absolute atomic E-state index is 12.4. The molecule has 2 saturated carbocycles. The average molecular weight is 366 g/mol. The molecule has 2 fully saturated rings. The minimum atomic E-state index is -3.65. The van der Waals surface area contributed by atoms with E-state index in [2.05, 4.69) is 10.0 Å². The van der Waals surface area contributed by atoms with Gasteiger partial charge in [-0.2, -0.15) is 0 Å². The van der Waals surface area contributed by atoms with Gasteiger partial charge in [-0.15, -0.1) is 0 Å². The molecular formula is C17H22N2O5S. The maximum atomic E-state index is 12.4. The lowest BCUT2D eigenvalue weighted by molar-refractivity contribution is -0.142. The van der Waals surface area contributed by atoms with Gasteiger partial charge < -0.3 is 10.4 Å². The van der Waals surface area contributed by atoms with Crippen LogP contribution in [0.25, 0.3) is 0 Å². The molecular weight excluding hydrogens is 344 g/mol. The Morgan fingerprint density at radius 1 is 1.16 bits per heavy atom. The summed E-state index contributed by atoms with van der Waals surface area (Å²) in [5.74, 6) is -1.53. The van der Waals surface area contributed by atoms with Crippen molar-refractivity contribution in [3.63, 3.8) is 0 Å². The fourth-order valence-electron chi connectivity index (χ4n) is 3.12. The summed E-state index contributed by atoms with van der Waals surface area (Å²) < 4.78 is 27.2. The zero-order chi connectivity index (χ0) is 18.0. The van der Waals surface area contributed by atoms with Crippen LogP contribution in [0.5, 0.6) is 0 Å². The standard InChI is InChI=1S/C17H22N2O5S/c20-16(19-15-6-2-5-14(15)17(21)22)12-3-1-4-13(9-12)25(23,24)18-10-11-7-8-11/h1,3-4,9,11,14-15,18H,2,5-8,10H2,(H,19,20)(H,21,22)/t14-,15+/m1/s1. The zero-order valence-electron chi connectivity index (χ0n) is 13.8. The number of carboxylic acids is 1. The van der Waals surface area contributed by atoms with Gasteiger partial charge in [-0.1, -0.05) is 12.5 Å². The van der Waals surface area contributed by atoms with Crippen molar-refractivity contribution in [1.29, 1.82) is 0 Å². The van der Waals surface area contributed by atoms with Crippen molar-refractivity contribution < 1.29 is 23.1 Å². The van der Waals surface area contributed by atoms with Gasteiger partial charge in [0.2, 0.25) is 10.0 Å². The number of benzene rings is 1. The van der Waals surface area contributed by atoms with Gasteiger partial charge in [0.25, 0.3) is 5.91 Å². The quantitative estimate of drug-likeness (QED) is 0.674. The van der Waals surface area contributed by atoms with E-state index in [1.165, 1.54) is 24.3 Å². The number of hydrogen-bond donors (Lipinski definition) is 3. The lowest BCUT2D eigenvalue weighted by Gasteiger charge is -2.17. The number of amides is 1. The molecule has 0 spiro atoms. The van der Waals surface area contributed by atoms with E-state index in [0.717, 1.165) is 19.3 Å². The molecule has 0 aliphatic heterocycles. The van der Waals surface area contributed by atoms with Crippen LogP contribution in [0.15, 0.2) is 29.2 Å². The minimum Gasteiger partial charge on any atom is -0.481 e. The molecule has 0 bridgehead atoms. The lowest BCUT2D eigenvalue weighted by atomic mass is 10.0. The topological polar surface area (TPSA) is 113 Å². The lowest BCUT2D eigenvalue weighted by Crippen LogP contribution is -2.40. The smallest absolute Gasteiger partial charge is 0.308 e. The minimum absolute atomic E-state index is 0.0435. The van der Waals surface area contributed by atoms with E-state index in [-0.39, 0.29) is 10.5 Å². The summed E-state index contributed by atoms with van der Waals surface area (Å²) in [4.78, 5) is 23.7. The van der Waals surface area contributed by atoms with Crippen LogP contribution in [0, 0.1) is 11.8 Å². The molecule has 7 nitrogen and oxygen atoms in total. The Bertz CT molecular complexity index is 773. The first-order valence-electron chi connectivity index (χ1n) is 8.50. The fraction of sp³-hybridized carbons (Fsp3) is 0.529. The Hall–Kier alpha value is -1.93. The van der Waals surface area contributed by atoms with Crippen molar-refractivity contribution in [3.8, 4) is 0 Å². The molecule has 1 amide bonds. The van der Waals surface area contributed by atoms with E-state index in [4.69, 9.17) is 0 Å². The number of hydrogen-bond acceptors (Lipinski definition) is 4. The van der Waals surface area contributed by atoms with Gasteiger partial charge in [0.05, 0.1) is 10.8 Å². The van der Waals surface area contributed by atoms with Crippen LogP contribution in [0.3, 0.4) is 0 Å². The van der Waals surface area contributed by atoms with Crippen molar-refractivity contribution >= 4 is 21.9 Å². The van der Waals surface area contributed by atoms with Crippen molar-refractivity contribution in [1.82, 2.24) is 10.0 Å². The van der Waals surface area contributed by atoms with Gasteiger partial charge in [-0.05, 0) is 49.8 Å². The molecule has 0 radical (unpaired) electrons. The second-order valence-corrected chi connectivity index (χ2v) is 8.55. The number of carbonyl (C=O) groups excluding carboxylic acids is 1. The predicted molar refractivity (Wildman–Crippen MR) is 90.6 cm³/mol. The third kappa shape index (κ3) is 4.38. The van der Waals surface area contributed by atoms with Gasteiger partial charge >= 0.3 is 5.97 Å². The second kappa shape index (κ2) is 7.13. The summed E-state index contributed by atoms with van der Waals surface area (Å²) in [5, 5.41) is 11.9. The molecule has 3 rings (SSSR count). The van der Waals surface area contributed by atoms with E-state index in [1.54, 1.807) is 0 Å². The Morgan fingerprint density at radius 2 is 1.92 bits per heavy atom. The number of sulfonamides is 1. The number of carboxylic acid groups (broad SMARTS) is 1. The van der Waals surface area contributed by atoms with E-state index >= 15 is 0 Å². The van der Waals surface area contributed by atoms with Crippen LogP contribution in [0.4, 0.5) is 0 Å². The van der Waals surface area contributed by atoms with E-state index in [1.807, 2.05) is 0 Å². The molecule has 0 heterocycles. The number of carbonyl (C=O) groups is 2. The summed E-state index contributed by atoms with van der Waals surface area (Å²) in [6, 6.07) is 5.40. The van der Waals surface area contributed by atoms with Gasteiger partial charge in [0, 0.05) is 18.2 Å². The van der Waals surface area contributed by atoms with Crippen LogP contribution in [-0.2, 0) is 14.8 Å². The molecule has 0 saturated heterocycles. The van der Waals surface area contributed by atoms with Gasteiger partial charge in [0.1, 0.15) is 0 Å². The molecule has 2 aliphatic carbocycles. The average Bonchev–Trinajstić information content (AvgIpc) is 3.30. The largest absolute Gasteiger partial charge is 0.481 e. The molecule has 3 N–H and O–H groups in total. The molecule has 136 valence electrons. The highest BCUT2D eigenvalue weighted by Crippen LogP contribution is 2.28. The number of nitrogens with one attached hydrogen (secondary N) is 2. The van der Waals surface area contributed by atoms with E-state index in [0.29, 0.717) is 25.3 Å². The summed E-state index contributed by atoms with van der Waals surface area (Å²) in [5.41, 5.74) is 0.213. The first kappa shape index (κ1) is 17.9. The molecule has 0 unspecified atom stereocenters. The van der Waals surface area contributed by atoms with E-state index in [9.17, 15) is 23.1 Å². The predicted octanol–water partition coefficient (Wildman–Crippen LogP) is 1.36. The normalized spacial score (nSPS) is 23.4. The SMILES string of the molecule is O=C(N[C@H]1CCC[C@H]1C(=O)O)c1cccc(S(=O)(=O)NCC2CC2)c1. The summed E-state index contributed by atoms with van der Waals surface area (Å²) in [6.45, 7) is 0.418. The molecule has 2 aliphatic rings. The Kier molecular flexibility index (Phi) is 5.10. The maximum Gasteiger partial charge on any atom is 0.308 e. The van der Waals surface area contributed by atoms with Crippen molar-refractivity contribution in [2.45, 2.75) is 43.0 Å². The highest BCUT2D eigenvalue weighted by atomic mass is 32.2. The Balaban J connectivity index is 1.69. The summed E-state index contributed by atoms with van der Waals surface area (Å²) in [6.07, 6.45) is 3.99. The monoisotopic (exact) mass is 366 g/mol. The van der Waals surface area contributed by atoms with Gasteiger partial charge in [0.15, 0.2) is 0 Å². The van der Waals surface area contributed by atoms with Crippen LogP contribution in [0.1, 0.15) is 42.5 Å². The van der Waals surface area contributed by atoms with Crippen molar-refractivity contribution in [2.75, 3.05) is 6.54 Å². The van der Waals surface area contributed by atoms with E-state index < -0.39 is 33.9 Å². The molecule has 0 aromatic heterocycles. The van der Waals surface area contributed by atoms with Crippen molar-refractivity contribution in [3.05, 3.63) is 29.8 Å². The van der Waals surface area contributed by atoms with Crippen LogP contribution < -0.4 is 10.0 Å². The third-order valence-electron chi connectivity index (χ3n) is 4.82. The van der Waals surface area contributed by atoms with Gasteiger partial charge in [-0.3, -0.25) is 9.59 Å². The highest BCUT2D eigenvalue weighted by Gasteiger charge is 2.34. The van der Waals surface area contributed by atoms with Crippen LogP contribution in [-0.4, -0.2) is 38.0 Å². The van der Waals surface area contributed by atoms with Crippen LogP contribution in [0.2, 0.25) is 0 Å². The first-order chi connectivity index (χ1) is 11.9. The molecule has 25 heavy (non-hydrogen) atoms. The van der Waals surface area contributed by atoms with Gasteiger partial charge in [-0.25, -0.2) is 13.1 Å². The van der Waals surface area contributed by atoms with Crippen LogP contribution >= 0.6 is 0 Å².